The molecule has 0 bridgehead atoms. The molecule has 2 N–H and O–H groups in total. The Bertz CT molecular complexity index is 332. The highest BCUT2D eigenvalue weighted by Crippen LogP contribution is 2.30. The van der Waals surface area contributed by atoms with E-state index in [0.29, 0.717) is 12.5 Å². The molecule has 0 heterocycles. The molecule has 0 aromatic rings. The van der Waals surface area contributed by atoms with E-state index in [2.05, 4.69) is 12.2 Å². The zero-order valence-electron chi connectivity index (χ0n) is 14.3. The van der Waals surface area contributed by atoms with Gasteiger partial charge in [0.05, 0.1) is 12.2 Å². The van der Waals surface area contributed by atoms with Crippen molar-refractivity contribution in [2.45, 2.75) is 96.9 Å². The van der Waals surface area contributed by atoms with Crippen molar-refractivity contribution in [1.82, 2.24) is 5.32 Å². The van der Waals surface area contributed by atoms with Crippen molar-refractivity contribution < 1.29 is 14.6 Å². The van der Waals surface area contributed by atoms with Gasteiger partial charge in [-0.1, -0.05) is 26.2 Å². The first-order valence-electron chi connectivity index (χ1n) is 8.43. The summed E-state index contributed by atoms with van der Waals surface area (Å²) in [6.45, 7) is 9.94. The maximum Gasteiger partial charge on any atom is 0.323 e. The fourth-order valence-corrected chi connectivity index (χ4v) is 3.53. The van der Waals surface area contributed by atoms with E-state index >= 15 is 0 Å². The van der Waals surface area contributed by atoms with E-state index in [1.807, 2.05) is 20.8 Å². The topological polar surface area (TPSA) is 58.6 Å². The second-order valence-electron chi connectivity index (χ2n) is 7.15. The van der Waals surface area contributed by atoms with Crippen molar-refractivity contribution in [3.8, 4) is 0 Å². The summed E-state index contributed by atoms with van der Waals surface area (Å²) in [5.41, 5.74) is -0.924. The molecule has 4 heteroatoms. The Morgan fingerprint density at radius 3 is 2.57 bits per heavy atom. The predicted octanol–water partition coefficient (Wildman–Crippen LogP) is 3.59. The summed E-state index contributed by atoms with van der Waals surface area (Å²) < 4.78 is 6.15. The van der Waals surface area contributed by atoms with Gasteiger partial charge >= 0.3 is 5.97 Å². The molecule has 4 atom stereocenters. The number of rotatable bonds is 8. The molecular weight excluding hydrogens is 266 g/mol. The lowest BCUT2D eigenvalue weighted by molar-refractivity contribution is -0.147. The number of carbonyl (C=O) groups is 1. The Labute approximate surface area is 129 Å². The van der Waals surface area contributed by atoms with Crippen LogP contribution in [0.3, 0.4) is 0 Å². The molecule has 21 heavy (non-hydrogen) atoms. The third kappa shape index (κ3) is 5.95. The average molecular weight is 299 g/mol. The molecule has 1 aliphatic carbocycles. The van der Waals surface area contributed by atoms with Crippen molar-refractivity contribution in [2.24, 2.45) is 5.92 Å². The predicted molar refractivity (Wildman–Crippen MR) is 85.5 cm³/mol. The van der Waals surface area contributed by atoms with Crippen LogP contribution in [-0.2, 0) is 9.53 Å². The number of hydrogen-bond acceptors (Lipinski definition) is 3. The molecule has 0 saturated heterocycles. The van der Waals surface area contributed by atoms with Crippen LogP contribution in [0.1, 0.15) is 73.1 Å². The molecule has 0 aromatic heterocycles. The van der Waals surface area contributed by atoms with Gasteiger partial charge < -0.3 is 9.84 Å². The van der Waals surface area contributed by atoms with Gasteiger partial charge in [0.1, 0.15) is 5.54 Å². The number of ether oxygens (including phenoxy) is 1. The van der Waals surface area contributed by atoms with Crippen LogP contribution < -0.4 is 5.32 Å². The number of hydrogen-bond donors (Lipinski definition) is 2. The molecule has 0 aliphatic heterocycles. The number of carboxylic acids is 1. The maximum atomic E-state index is 11.6. The van der Waals surface area contributed by atoms with Crippen molar-refractivity contribution in [2.75, 3.05) is 0 Å². The van der Waals surface area contributed by atoms with Crippen LogP contribution in [0.2, 0.25) is 0 Å². The van der Waals surface area contributed by atoms with Crippen LogP contribution in [0.15, 0.2) is 0 Å². The highest BCUT2D eigenvalue weighted by molar-refractivity contribution is 5.78. The fourth-order valence-electron chi connectivity index (χ4n) is 3.53. The second-order valence-corrected chi connectivity index (χ2v) is 7.15. The molecule has 1 aliphatic rings. The summed E-state index contributed by atoms with van der Waals surface area (Å²) in [6.07, 6.45) is 6.76. The van der Waals surface area contributed by atoms with Gasteiger partial charge in [-0.15, -0.1) is 0 Å². The van der Waals surface area contributed by atoms with E-state index in [-0.39, 0.29) is 12.1 Å². The van der Waals surface area contributed by atoms with E-state index in [0.717, 1.165) is 18.8 Å². The highest BCUT2D eigenvalue weighted by atomic mass is 16.5. The largest absolute Gasteiger partial charge is 0.480 e. The van der Waals surface area contributed by atoms with Crippen LogP contribution in [-0.4, -0.2) is 34.9 Å². The third-order valence-electron chi connectivity index (χ3n) is 4.51. The standard InChI is InChI=1S/C17H33NO3/c1-6-14-8-7-9-15(10-14)21-13(4)11-17(5,16(19)20)18-12(2)3/h12-15,18H,6-11H2,1-5H3,(H,19,20). The molecule has 1 saturated carbocycles. The van der Waals surface area contributed by atoms with Crippen molar-refractivity contribution >= 4 is 5.97 Å². The van der Waals surface area contributed by atoms with Gasteiger partial charge in [0.25, 0.3) is 0 Å². The van der Waals surface area contributed by atoms with Crippen molar-refractivity contribution in [3.63, 3.8) is 0 Å². The Kier molecular flexibility index (Phi) is 7.14. The average Bonchev–Trinajstić information content (AvgIpc) is 2.37. The number of nitrogens with one attached hydrogen (secondary N) is 1. The summed E-state index contributed by atoms with van der Waals surface area (Å²) >= 11 is 0. The Morgan fingerprint density at radius 2 is 2.05 bits per heavy atom. The summed E-state index contributed by atoms with van der Waals surface area (Å²) in [4.78, 5) is 11.6. The van der Waals surface area contributed by atoms with Gasteiger partial charge in [-0.2, -0.15) is 0 Å². The summed E-state index contributed by atoms with van der Waals surface area (Å²) in [7, 11) is 0. The molecule has 0 spiro atoms. The van der Waals surface area contributed by atoms with Crippen LogP contribution in [0, 0.1) is 5.92 Å². The molecule has 4 nitrogen and oxygen atoms in total. The molecule has 0 radical (unpaired) electrons. The number of aliphatic carboxylic acids is 1. The first-order valence-corrected chi connectivity index (χ1v) is 8.43. The van der Waals surface area contributed by atoms with E-state index in [9.17, 15) is 9.90 Å². The monoisotopic (exact) mass is 299 g/mol. The van der Waals surface area contributed by atoms with Gasteiger partial charge in [0.15, 0.2) is 0 Å². The maximum absolute atomic E-state index is 11.6. The van der Waals surface area contributed by atoms with Gasteiger partial charge in [-0.3, -0.25) is 10.1 Å². The minimum Gasteiger partial charge on any atom is -0.480 e. The SMILES string of the molecule is CCC1CCCC(OC(C)CC(C)(NC(C)C)C(=O)O)C1. The Hall–Kier alpha value is -0.610. The normalized spacial score (nSPS) is 27.3. The first-order chi connectivity index (χ1) is 9.76. The summed E-state index contributed by atoms with van der Waals surface area (Å²) in [6, 6.07) is 0.137. The van der Waals surface area contributed by atoms with E-state index in [1.54, 1.807) is 6.92 Å². The molecule has 1 fully saturated rings. The lowest BCUT2D eigenvalue weighted by Gasteiger charge is -2.35. The highest BCUT2D eigenvalue weighted by Gasteiger charge is 2.36. The van der Waals surface area contributed by atoms with Gasteiger partial charge in [0.2, 0.25) is 0 Å². The van der Waals surface area contributed by atoms with Crippen molar-refractivity contribution in [3.05, 3.63) is 0 Å². The minimum atomic E-state index is -0.924. The lowest BCUT2D eigenvalue weighted by atomic mass is 9.85. The van der Waals surface area contributed by atoms with E-state index < -0.39 is 11.5 Å². The molecule has 124 valence electrons. The van der Waals surface area contributed by atoms with Gasteiger partial charge in [-0.25, -0.2) is 0 Å². The molecule has 0 aromatic carbocycles. The minimum absolute atomic E-state index is 0.0436. The van der Waals surface area contributed by atoms with Crippen LogP contribution >= 0.6 is 0 Å². The lowest BCUT2D eigenvalue weighted by Crippen LogP contribution is -2.54. The molecule has 4 unspecified atom stereocenters. The fraction of sp³-hybridized carbons (Fsp3) is 0.941. The Morgan fingerprint density at radius 1 is 1.38 bits per heavy atom. The van der Waals surface area contributed by atoms with Crippen molar-refractivity contribution in [1.29, 1.82) is 0 Å². The zero-order valence-corrected chi connectivity index (χ0v) is 14.3. The molecular formula is C17H33NO3. The quantitative estimate of drug-likeness (QED) is 0.719. The first kappa shape index (κ1) is 18.4. The van der Waals surface area contributed by atoms with Gasteiger partial charge in [0, 0.05) is 12.5 Å². The Balaban J connectivity index is 2.53. The third-order valence-corrected chi connectivity index (χ3v) is 4.51. The molecule has 0 amide bonds. The smallest absolute Gasteiger partial charge is 0.323 e. The summed E-state index contributed by atoms with van der Waals surface area (Å²) in [5, 5.41) is 12.7. The molecule has 1 rings (SSSR count). The van der Waals surface area contributed by atoms with E-state index in [1.165, 1.54) is 19.3 Å². The van der Waals surface area contributed by atoms with Crippen LogP contribution in [0.25, 0.3) is 0 Å². The number of carboxylic acid groups (broad SMARTS) is 1. The second kappa shape index (κ2) is 8.14. The van der Waals surface area contributed by atoms with E-state index in [4.69, 9.17) is 4.74 Å². The zero-order chi connectivity index (χ0) is 16.0. The van der Waals surface area contributed by atoms with Crippen LogP contribution in [0.4, 0.5) is 0 Å². The summed E-state index contributed by atoms with van der Waals surface area (Å²) in [5.74, 6) is -0.0303. The van der Waals surface area contributed by atoms with Gasteiger partial charge in [-0.05, 0) is 46.5 Å². The van der Waals surface area contributed by atoms with Crippen LogP contribution in [0.5, 0.6) is 0 Å².